The molecule has 0 aliphatic heterocycles. The zero-order valence-corrected chi connectivity index (χ0v) is 11.7. The highest BCUT2D eigenvalue weighted by molar-refractivity contribution is 14.0. The van der Waals surface area contributed by atoms with Crippen molar-refractivity contribution >= 4 is 29.9 Å². The van der Waals surface area contributed by atoms with Gasteiger partial charge in [0, 0.05) is 5.41 Å². The van der Waals surface area contributed by atoms with Crippen molar-refractivity contribution in [3.05, 3.63) is 35.6 Å². The van der Waals surface area contributed by atoms with Crippen molar-refractivity contribution in [2.24, 2.45) is 16.5 Å². The van der Waals surface area contributed by atoms with Crippen molar-refractivity contribution in [1.82, 2.24) is 0 Å². The molecular weight excluding hydrogens is 320 g/mol. The van der Waals surface area contributed by atoms with Crippen molar-refractivity contribution in [2.75, 3.05) is 6.54 Å². The minimum absolute atomic E-state index is 0. The van der Waals surface area contributed by atoms with Gasteiger partial charge < -0.3 is 11.5 Å². The zero-order chi connectivity index (χ0) is 11.5. The molecule has 0 aliphatic carbocycles. The van der Waals surface area contributed by atoms with E-state index in [1.165, 1.54) is 6.07 Å². The van der Waals surface area contributed by atoms with Gasteiger partial charge >= 0.3 is 0 Å². The van der Waals surface area contributed by atoms with Crippen molar-refractivity contribution < 1.29 is 4.39 Å². The van der Waals surface area contributed by atoms with E-state index in [1.807, 2.05) is 13.8 Å². The predicted molar refractivity (Wildman–Crippen MR) is 75.5 cm³/mol. The SMILES string of the molecule is CC(C)(CN=C(N)N)c1ccccc1F.I. The molecule has 0 amide bonds. The smallest absolute Gasteiger partial charge is 0.185 e. The number of hydrogen-bond donors (Lipinski definition) is 2. The molecular formula is C11H17FIN3. The maximum atomic E-state index is 13.5. The highest BCUT2D eigenvalue weighted by atomic mass is 127. The summed E-state index contributed by atoms with van der Waals surface area (Å²) >= 11 is 0. The summed E-state index contributed by atoms with van der Waals surface area (Å²) in [4.78, 5) is 3.92. The van der Waals surface area contributed by atoms with Crippen molar-refractivity contribution in [2.45, 2.75) is 19.3 Å². The summed E-state index contributed by atoms with van der Waals surface area (Å²) in [5, 5.41) is 0. The van der Waals surface area contributed by atoms with Gasteiger partial charge in [-0.1, -0.05) is 32.0 Å². The fourth-order valence-corrected chi connectivity index (χ4v) is 1.38. The molecule has 0 spiro atoms. The molecule has 0 saturated carbocycles. The molecule has 16 heavy (non-hydrogen) atoms. The Labute approximate surface area is 112 Å². The number of halogens is 2. The first-order chi connectivity index (χ1) is 6.93. The van der Waals surface area contributed by atoms with Gasteiger partial charge in [-0.15, -0.1) is 24.0 Å². The molecule has 1 aromatic rings. The molecule has 0 radical (unpaired) electrons. The van der Waals surface area contributed by atoms with Crippen LogP contribution in [-0.2, 0) is 5.41 Å². The molecule has 90 valence electrons. The summed E-state index contributed by atoms with van der Waals surface area (Å²) in [5.41, 5.74) is 10.7. The Bertz CT molecular complexity index is 373. The summed E-state index contributed by atoms with van der Waals surface area (Å²) in [6.07, 6.45) is 0. The number of guanidine groups is 1. The number of nitrogens with two attached hydrogens (primary N) is 2. The topological polar surface area (TPSA) is 64.4 Å². The normalized spacial score (nSPS) is 10.4. The summed E-state index contributed by atoms with van der Waals surface area (Å²) in [6, 6.07) is 6.65. The highest BCUT2D eigenvalue weighted by Gasteiger charge is 2.23. The molecule has 0 fully saturated rings. The molecule has 0 atom stereocenters. The van der Waals surface area contributed by atoms with Gasteiger partial charge in [0.2, 0.25) is 0 Å². The van der Waals surface area contributed by atoms with Crippen LogP contribution in [0.15, 0.2) is 29.3 Å². The number of aliphatic imine (C=N–C) groups is 1. The lowest BCUT2D eigenvalue weighted by Gasteiger charge is -2.23. The van der Waals surface area contributed by atoms with Gasteiger partial charge in [-0.3, -0.25) is 4.99 Å². The van der Waals surface area contributed by atoms with Crippen LogP contribution in [0.25, 0.3) is 0 Å². The zero-order valence-electron chi connectivity index (χ0n) is 9.40. The number of benzene rings is 1. The van der Waals surface area contributed by atoms with E-state index in [1.54, 1.807) is 18.2 Å². The lowest BCUT2D eigenvalue weighted by Crippen LogP contribution is -2.28. The van der Waals surface area contributed by atoms with Gasteiger partial charge in [0.25, 0.3) is 0 Å². The average Bonchev–Trinajstić information content (AvgIpc) is 2.15. The quantitative estimate of drug-likeness (QED) is 0.503. The molecule has 0 aromatic heterocycles. The second-order valence-electron chi connectivity index (χ2n) is 4.10. The van der Waals surface area contributed by atoms with Crippen molar-refractivity contribution in [3.63, 3.8) is 0 Å². The van der Waals surface area contributed by atoms with Crippen LogP contribution in [0.1, 0.15) is 19.4 Å². The highest BCUT2D eigenvalue weighted by Crippen LogP contribution is 2.25. The standard InChI is InChI=1S/C11H16FN3.HI/c1-11(2,7-15-10(13)14)8-5-3-4-6-9(8)12;/h3-6H,7H2,1-2H3,(H4,13,14,15);1H. The Balaban J connectivity index is 0.00000225. The predicted octanol–water partition coefficient (Wildman–Crippen LogP) is 1.99. The Hall–Kier alpha value is -0.850. The summed E-state index contributed by atoms with van der Waals surface area (Å²) in [6.45, 7) is 4.17. The largest absolute Gasteiger partial charge is 0.370 e. The minimum atomic E-state index is -0.407. The Morgan fingerprint density at radius 3 is 2.38 bits per heavy atom. The van der Waals surface area contributed by atoms with Crippen LogP contribution in [-0.4, -0.2) is 12.5 Å². The van der Waals surface area contributed by atoms with E-state index in [0.29, 0.717) is 12.1 Å². The van der Waals surface area contributed by atoms with Gasteiger partial charge in [0.1, 0.15) is 5.82 Å². The second kappa shape index (κ2) is 6.03. The second-order valence-corrected chi connectivity index (χ2v) is 4.10. The first-order valence-corrected chi connectivity index (χ1v) is 4.74. The van der Waals surface area contributed by atoms with E-state index in [4.69, 9.17) is 11.5 Å². The molecule has 5 heteroatoms. The maximum absolute atomic E-state index is 13.5. The molecule has 0 aliphatic rings. The fourth-order valence-electron chi connectivity index (χ4n) is 1.38. The van der Waals surface area contributed by atoms with E-state index in [9.17, 15) is 4.39 Å². The Morgan fingerprint density at radius 2 is 1.88 bits per heavy atom. The van der Waals surface area contributed by atoms with E-state index in [-0.39, 0.29) is 35.8 Å². The van der Waals surface area contributed by atoms with Crippen LogP contribution in [0, 0.1) is 5.82 Å². The van der Waals surface area contributed by atoms with Crippen LogP contribution < -0.4 is 11.5 Å². The summed E-state index contributed by atoms with van der Waals surface area (Å²) in [7, 11) is 0. The molecule has 0 saturated heterocycles. The van der Waals surface area contributed by atoms with Crippen LogP contribution in [0.4, 0.5) is 4.39 Å². The average molecular weight is 337 g/mol. The molecule has 0 heterocycles. The first kappa shape index (κ1) is 15.2. The molecule has 0 unspecified atom stereocenters. The monoisotopic (exact) mass is 337 g/mol. The third-order valence-electron chi connectivity index (χ3n) is 2.26. The Morgan fingerprint density at radius 1 is 1.31 bits per heavy atom. The number of hydrogen-bond acceptors (Lipinski definition) is 1. The van der Waals surface area contributed by atoms with Gasteiger partial charge in [-0.25, -0.2) is 4.39 Å². The lowest BCUT2D eigenvalue weighted by molar-refractivity contribution is 0.494. The van der Waals surface area contributed by atoms with Crippen LogP contribution >= 0.6 is 24.0 Å². The molecule has 1 aromatic carbocycles. The maximum Gasteiger partial charge on any atom is 0.185 e. The third kappa shape index (κ3) is 3.96. The van der Waals surface area contributed by atoms with Gasteiger partial charge in [-0.05, 0) is 11.6 Å². The van der Waals surface area contributed by atoms with Gasteiger partial charge in [0.05, 0.1) is 6.54 Å². The van der Waals surface area contributed by atoms with Crippen LogP contribution in [0.5, 0.6) is 0 Å². The van der Waals surface area contributed by atoms with Crippen molar-refractivity contribution in [3.8, 4) is 0 Å². The number of nitrogens with zero attached hydrogens (tertiary/aromatic N) is 1. The fraction of sp³-hybridized carbons (Fsp3) is 0.364. The molecule has 3 nitrogen and oxygen atoms in total. The molecule has 0 bridgehead atoms. The minimum Gasteiger partial charge on any atom is -0.370 e. The summed E-state index contributed by atoms with van der Waals surface area (Å²) < 4.78 is 13.5. The van der Waals surface area contributed by atoms with E-state index < -0.39 is 5.41 Å². The number of rotatable bonds is 3. The summed E-state index contributed by atoms with van der Waals surface area (Å²) in [5.74, 6) is -0.201. The molecule has 4 N–H and O–H groups in total. The van der Waals surface area contributed by atoms with Crippen LogP contribution in [0.2, 0.25) is 0 Å². The lowest BCUT2D eigenvalue weighted by atomic mass is 9.84. The van der Waals surface area contributed by atoms with E-state index in [2.05, 4.69) is 4.99 Å². The first-order valence-electron chi connectivity index (χ1n) is 4.74. The van der Waals surface area contributed by atoms with E-state index >= 15 is 0 Å². The third-order valence-corrected chi connectivity index (χ3v) is 2.26. The Kier molecular flexibility index (Phi) is 5.71. The van der Waals surface area contributed by atoms with Gasteiger partial charge in [0.15, 0.2) is 5.96 Å². The van der Waals surface area contributed by atoms with Crippen molar-refractivity contribution in [1.29, 1.82) is 0 Å². The van der Waals surface area contributed by atoms with Crippen LogP contribution in [0.3, 0.4) is 0 Å². The molecule has 1 rings (SSSR count). The van der Waals surface area contributed by atoms with E-state index in [0.717, 1.165) is 0 Å². The van der Waals surface area contributed by atoms with Gasteiger partial charge in [-0.2, -0.15) is 0 Å².